The molecule has 0 amide bonds. The molecule has 1 aliphatic heterocycles. The predicted octanol–water partition coefficient (Wildman–Crippen LogP) is 6.67. The van der Waals surface area contributed by atoms with Gasteiger partial charge in [-0.05, 0) is 53.9 Å². The third-order valence-electron chi connectivity index (χ3n) is 5.93. The maximum Gasteiger partial charge on any atom is 0.450 e. The number of alkyl halides is 3. The molecule has 0 spiro atoms. The van der Waals surface area contributed by atoms with E-state index in [0.717, 1.165) is 5.56 Å². The van der Waals surface area contributed by atoms with Crippen LogP contribution >= 0.6 is 11.6 Å². The summed E-state index contributed by atoms with van der Waals surface area (Å²) in [4.78, 5) is 15.2. The normalized spacial score (nSPS) is 14.1. The number of hydrogen-bond acceptors (Lipinski definition) is 4. The van der Waals surface area contributed by atoms with Crippen molar-refractivity contribution in [1.29, 1.82) is 0 Å². The Balaban J connectivity index is 1.56. The fraction of sp³-hybridized carbons (Fsp3) is 0.192. The van der Waals surface area contributed by atoms with Gasteiger partial charge in [0.15, 0.2) is 0 Å². The van der Waals surface area contributed by atoms with E-state index in [9.17, 15) is 22.4 Å². The molecule has 1 aromatic heterocycles. The van der Waals surface area contributed by atoms with Crippen LogP contribution in [0.4, 0.5) is 17.6 Å². The summed E-state index contributed by atoms with van der Waals surface area (Å²) in [5, 5.41) is 0.366. The van der Waals surface area contributed by atoms with Gasteiger partial charge in [-0.25, -0.2) is 4.39 Å². The maximum atomic E-state index is 14.0. The molecule has 180 valence electrons. The molecule has 0 aliphatic carbocycles. The van der Waals surface area contributed by atoms with Crippen molar-refractivity contribution in [3.05, 3.63) is 98.6 Å². The summed E-state index contributed by atoms with van der Waals surface area (Å²) < 4.78 is 66.5. The molecule has 0 N–H and O–H groups in total. The monoisotopic (exact) mass is 503 g/mol. The van der Waals surface area contributed by atoms with Crippen molar-refractivity contribution in [3.8, 4) is 16.9 Å². The van der Waals surface area contributed by atoms with Crippen LogP contribution in [0.5, 0.6) is 5.75 Å². The van der Waals surface area contributed by atoms with E-state index < -0.39 is 22.9 Å². The minimum Gasteiger partial charge on any atom is -0.478 e. The standard InChI is InChI=1S/C26H18ClF4NO3/c27-17-5-3-16(4-6-17)22-23(33)19-9-10-21-20(24(19)35-25(22)26(29,30)31)13-32(14-34-21)12-11-15-1-7-18(28)8-2-15/h1-10H,11-14H2. The number of hydrogen-bond donors (Lipinski definition) is 0. The number of benzene rings is 3. The first kappa shape index (κ1) is 23.4. The third-order valence-corrected chi connectivity index (χ3v) is 6.18. The van der Waals surface area contributed by atoms with E-state index in [1.54, 1.807) is 18.2 Å². The molecule has 1 aliphatic rings. The summed E-state index contributed by atoms with van der Waals surface area (Å²) in [6, 6.07) is 14.6. The van der Waals surface area contributed by atoms with E-state index in [1.807, 2.05) is 4.90 Å². The molecule has 2 heterocycles. The van der Waals surface area contributed by atoms with Crippen LogP contribution in [0, 0.1) is 5.82 Å². The van der Waals surface area contributed by atoms with Gasteiger partial charge >= 0.3 is 6.18 Å². The van der Waals surface area contributed by atoms with Gasteiger partial charge in [-0.1, -0.05) is 35.9 Å². The lowest BCUT2D eigenvalue weighted by atomic mass is 10.00. The van der Waals surface area contributed by atoms with Gasteiger partial charge in [0.1, 0.15) is 23.9 Å². The summed E-state index contributed by atoms with van der Waals surface area (Å²) in [5.41, 5.74) is -0.151. The van der Waals surface area contributed by atoms with Gasteiger partial charge in [0.2, 0.25) is 11.2 Å². The zero-order chi connectivity index (χ0) is 24.7. The minimum absolute atomic E-state index is 0.0330. The quantitative estimate of drug-likeness (QED) is 0.292. The molecule has 9 heteroatoms. The van der Waals surface area contributed by atoms with Crippen LogP contribution in [-0.4, -0.2) is 18.2 Å². The molecular formula is C26H18ClF4NO3. The molecule has 3 aromatic carbocycles. The molecule has 4 nitrogen and oxygen atoms in total. The second-order valence-corrected chi connectivity index (χ2v) is 8.70. The van der Waals surface area contributed by atoms with Crippen LogP contribution < -0.4 is 10.2 Å². The van der Waals surface area contributed by atoms with Gasteiger partial charge in [-0.15, -0.1) is 0 Å². The topological polar surface area (TPSA) is 42.7 Å². The molecule has 4 aromatic rings. The lowest BCUT2D eigenvalue weighted by Gasteiger charge is -2.29. The average molecular weight is 504 g/mol. The Morgan fingerprint density at radius 1 is 0.971 bits per heavy atom. The van der Waals surface area contributed by atoms with Gasteiger partial charge in [0, 0.05) is 18.1 Å². The largest absolute Gasteiger partial charge is 0.478 e. The van der Waals surface area contributed by atoms with E-state index in [0.29, 0.717) is 29.3 Å². The van der Waals surface area contributed by atoms with Crippen LogP contribution in [0.1, 0.15) is 16.9 Å². The SMILES string of the molecule is O=c1c(-c2ccc(Cl)cc2)c(C(F)(F)F)oc2c3c(ccc12)OCN(CCc1ccc(F)cc1)C3. The molecular weight excluding hydrogens is 486 g/mol. The van der Waals surface area contributed by atoms with Crippen molar-refractivity contribution < 1.29 is 26.7 Å². The van der Waals surface area contributed by atoms with Crippen molar-refractivity contribution >= 4 is 22.6 Å². The first-order chi connectivity index (χ1) is 16.7. The molecule has 0 radical (unpaired) electrons. The summed E-state index contributed by atoms with van der Waals surface area (Å²) in [6.45, 7) is 0.966. The Morgan fingerprint density at radius 3 is 2.37 bits per heavy atom. The Labute approximate surface area is 202 Å². The van der Waals surface area contributed by atoms with Crippen LogP contribution in [0.3, 0.4) is 0 Å². The number of rotatable bonds is 4. The van der Waals surface area contributed by atoms with Gasteiger partial charge in [0.05, 0.1) is 16.5 Å². The van der Waals surface area contributed by atoms with E-state index in [-0.39, 0.29) is 35.6 Å². The summed E-state index contributed by atoms with van der Waals surface area (Å²) in [5.74, 6) is -1.33. The molecule has 0 fully saturated rings. The summed E-state index contributed by atoms with van der Waals surface area (Å²) >= 11 is 5.87. The lowest BCUT2D eigenvalue weighted by molar-refractivity contribution is -0.152. The minimum atomic E-state index is -4.90. The second-order valence-electron chi connectivity index (χ2n) is 8.26. The molecule has 35 heavy (non-hydrogen) atoms. The number of fused-ring (bicyclic) bond motifs is 3. The van der Waals surface area contributed by atoms with Crippen LogP contribution in [-0.2, 0) is 19.1 Å². The van der Waals surface area contributed by atoms with Crippen molar-refractivity contribution in [3.63, 3.8) is 0 Å². The fourth-order valence-electron chi connectivity index (χ4n) is 4.17. The number of halogens is 5. The molecule has 0 saturated carbocycles. The highest BCUT2D eigenvalue weighted by molar-refractivity contribution is 6.30. The van der Waals surface area contributed by atoms with Gasteiger partial charge in [-0.3, -0.25) is 9.69 Å². The Kier molecular flexibility index (Phi) is 6.02. The van der Waals surface area contributed by atoms with E-state index >= 15 is 0 Å². The fourth-order valence-corrected chi connectivity index (χ4v) is 4.30. The summed E-state index contributed by atoms with van der Waals surface area (Å²) in [7, 11) is 0. The lowest BCUT2D eigenvalue weighted by Crippen LogP contribution is -2.34. The predicted molar refractivity (Wildman–Crippen MR) is 124 cm³/mol. The van der Waals surface area contributed by atoms with Gasteiger partial charge in [0.25, 0.3) is 0 Å². The third kappa shape index (κ3) is 4.63. The zero-order valence-corrected chi connectivity index (χ0v) is 18.9. The van der Waals surface area contributed by atoms with Crippen LogP contribution in [0.2, 0.25) is 5.02 Å². The summed E-state index contributed by atoms with van der Waals surface area (Å²) in [6.07, 6.45) is -4.31. The molecule has 0 saturated heterocycles. The molecule has 0 atom stereocenters. The van der Waals surface area contributed by atoms with Crippen molar-refractivity contribution in [2.75, 3.05) is 13.3 Å². The highest BCUT2D eigenvalue weighted by Crippen LogP contribution is 2.40. The Hall–Kier alpha value is -3.36. The Bertz CT molecular complexity index is 1450. The van der Waals surface area contributed by atoms with E-state index in [1.165, 1.54) is 42.5 Å². The van der Waals surface area contributed by atoms with Crippen molar-refractivity contribution in [2.45, 2.75) is 19.1 Å². The highest BCUT2D eigenvalue weighted by atomic mass is 35.5. The van der Waals surface area contributed by atoms with E-state index in [4.69, 9.17) is 20.8 Å². The van der Waals surface area contributed by atoms with Crippen molar-refractivity contribution in [2.24, 2.45) is 0 Å². The molecule has 0 bridgehead atoms. The molecule has 0 unspecified atom stereocenters. The molecule has 5 rings (SSSR count). The van der Waals surface area contributed by atoms with Crippen molar-refractivity contribution in [1.82, 2.24) is 4.90 Å². The first-order valence-corrected chi connectivity index (χ1v) is 11.1. The van der Waals surface area contributed by atoms with Gasteiger partial charge < -0.3 is 9.15 Å². The number of nitrogens with zero attached hydrogens (tertiary/aromatic N) is 1. The van der Waals surface area contributed by atoms with E-state index in [2.05, 4.69) is 0 Å². The highest BCUT2D eigenvalue weighted by Gasteiger charge is 2.40. The maximum absolute atomic E-state index is 14.0. The second kappa shape index (κ2) is 9.02. The smallest absolute Gasteiger partial charge is 0.450 e. The average Bonchev–Trinajstić information content (AvgIpc) is 2.83. The first-order valence-electron chi connectivity index (χ1n) is 10.8. The Morgan fingerprint density at radius 2 is 1.69 bits per heavy atom. The number of ether oxygens (including phenoxy) is 1. The van der Waals surface area contributed by atoms with Crippen LogP contribution in [0.15, 0.2) is 69.9 Å². The van der Waals surface area contributed by atoms with Gasteiger partial charge in [-0.2, -0.15) is 13.2 Å². The zero-order valence-electron chi connectivity index (χ0n) is 18.2. The van der Waals surface area contributed by atoms with Crippen LogP contribution in [0.25, 0.3) is 22.1 Å².